The molecule has 2 aromatic rings. The van der Waals surface area contributed by atoms with Gasteiger partial charge in [-0.2, -0.15) is 8.42 Å². The monoisotopic (exact) mass is 411 g/mol. The van der Waals surface area contributed by atoms with Crippen molar-refractivity contribution in [3.05, 3.63) is 64.2 Å². The normalized spacial score (nSPS) is 18.4. The van der Waals surface area contributed by atoms with E-state index in [0.717, 1.165) is 40.9 Å². The Kier molecular flexibility index (Phi) is 5.19. The number of aryl methyl sites for hydroxylation is 2. The van der Waals surface area contributed by atoms with Crippen LogP contribution in [0.4, 0.5) is 11.4 Å². The van der Waals surface area contributed by atoms with E-state index in [1.54, 1.807) is 0 Å². The van der Waals surface area contributed by atoms with Crippen LogP contribution in [0.3, 0.4) is 0 Å². The molecule has 2 aliphatic rings. The molecule has 152 valence electrons. The van der Waals surface area contributed by atoms with Crippen molar-refractivity contribution in [2.45, 2.75) is 38.4 Å². The van der Waals surface area contributed by atoms with Crippen LogP contribution in [0.5, 0.6) is 0 Å². The summed E-state index contributed by atoms with van der Waals surface area (Å²) in [5.74, 6) is 0. The molecular formula is C22H25N3O3S. The van der Waals surface area contributed by atoms with Crippen LogP contribution in [0, 0.1) is 0 Å². The summed E-state index contributed by atoms with van der Waals surface area (Å²) in [4.78, 5) is 4.51. The number of aliphatic imine (C=N–C) groups is 1. The number of hydrogen-bond donors (Lipinski definition) is 3. The zero-order valence-corrected chi connectivity index (χ0v) is 17.4. The molecule has 0 aliphatic carbocycles. The lowest BCUT2D eigenvalue weighted by molar-refractivity contribution is 0.476. The molecule has 0 radical (unpaired) electrons. The third-order valence-electron chi connectivity index (χ3n) is 5.65. The summed E-state index contributed by atoms with van der Waals surface area (Å²) in [6.07, 6.45) is 4.04. The minimum atomic E-state index is -4.25. The zero-order valence-electron chi connectivity index (χ0n) is 16.6. The minimum Gasteiger partial charge on any atom is -0.300 e. The first-order valence-electron chi connectivity index (χ1n) is 9.88. The molecule has 4 rings (SSSR count). The Bertz CT molecular complexity index is 1120. The van der Waals surface area contributed by atoms with Crippen LogP contribution < -0.4 is 10.9 Å². The van der Waals surface area contributed by atoms with Crippen LogP contribution in [-0.4, -0.2) is 30.5 Å². The number of anilines is 2. The largest absolute Gasteiger partial charge is 0.300 e. The van der Waals surface area contributed by atoms with Gasteiger partial charge in [0.15, 0.2) is 0 Å². The van der Waals surface area contributed by atoms with Crippen LogP contribution >= 0.6 is 0 Å². The summed E-state index contributed by atoms with van der Waals surface area (Å²) in [6.45, 7) is 4.24. The van der Waals surface area contributed by atoms with Crippen molar-refractivity contribution >= 4 is 33.3 Å². The maximum atomic E-state index is 12.0. The Morgan fingerprint density at radius 2 is 1.69 bits per heavy atom. The van der Waals surface area contributed by atoms with Gasteiger partial charge in [0.2, 0.25) is 0 Å². The smallest absolute Gasteiger partial charge is 0.273 e. The van der Waals surface area contributed by atoms with Crippen molar-refractivity contribution in [1.29, 1.82) is 0 Å². The van der Waals surface area contributed by atoms with Crippen LogP contribution in [0.25, 0.3) is 6.08 Å². The lowest BCUT2D eigenvalue weighted by Gasteiger charge is -2.23. The van der Waals surface area contributed by atoms with Crippen molar-refractivity contribution in [3.8, 4) is 0 Å². The minimum absolute atomic E-state index is 0.0481. The van der Waals surface area contributed by atoms with Gasteiger partial charge in [-0.1, -0.05) is 50.2 Å². The van der Waals surface area contributed by atoms with Gasteiger partial charge in [-0.05, 0) is 41.2 Å². The zero-order chi connectivity index (χ0) is 20.6. The van der Waals surface area contributed by atoms with Crippen molar-refractivity contribution in [3.63, 3.8) is 0 Å². The quantitative estimate of drug-likeness (QED) is 0.667. The summed E-state index contributed by atoms with van der Waals surface area (Å²) >= 11 is 0. The average molecular weight is 412 g/mol. The topological polar surface area (TPSA) is 90.8 Å². The fourth-order valence-corrected chi connectivity index (χ4v) is 4.86. The lowest BCUT2D eigenvalue weighted by Crippen LogP contribution is -2.25. The molecule has 0 fully saturated rings. The molecule has 0 bridgehead atoms. The van der Waals surface area contributed by atoms with Gasteiger partial charge < -0.3 is 5.43 Å². The third-order valence-corrected chi connectivity index (χ3v) is 6.77. The Labute approximate surface area is 171 Å². The van der Waals surface area contributed by atoms with Gasteiger partial charge in [0.1, 0.15) is 5.25 Å². The Balaban J connectivity index is 1.95. The molecule has 7 heteroatoms. The average Bonchev–Trinajstić information content (AvgIpc) is 3.10. The van der Waals surface area contributed by atoms with E-state index in [0.29, 0.717) is 17.7 Å². The van der Waals surface area contributed by atoms with E-state index < -0.39 is 15.4 Å². The van der Waals surface area contributed by atoms with Crippen molar-refractivity contribution in [2.24, 2.45) is 4.99 Å². The van der Waals surface area contributed by atoms with Gasteiger partial charge in [0.25, 0.3) is 10.1 Å². The maximum Gasteiger partial charge on any atom is 0.273 e. The fourth-order valence-electron chi connectivity index (χ4n) is 4.07. The Morgan fingerprint density at radius 1 is 1.03 bits per heavy atom. The number of benzene rings is 2. The number of nitrogens with one attached hydrogen (secondary N) is 2. The van der Waals surface area contributed by atoms with Crippen LogP contribution in [-0.2, 0) is 29.4 Å². The third kappa shape index (κ3) is 3.68. The van der Waals surface area contributed by atoms with Crippen molar-refractivity contribution in [2.75, 3.05) is 17.4 Å². The Morgan fingerprint density at radius 3 is 2.38 bits per heavy atom. The van der Waals surface area contributed by atoms with Gasteiger partial charge in [0.05, 0.1) is 17.9 Å². The summed E-state index contributed by atoms with van der Waals surface area (Å²) in [5, 5.41) is -1.03. The number of para-hydroxylation sites is 2. The van der Waals surface area contributed by atoms with E-state index in [-0.39, 0.29) is 6.54 Å². The first kappa shape index (κ1) is 19.7. The molecule has 2 aliphatic heterocycles. The number of hydrazine groups is 1. The first-order valence-corrected chi connectivity index (χ1v) is 11.4. The second-order valence-corrected chi connectivity index (χ2v) is 8.96. The molecule has 0 saturated carbocycles. The number of nitrogens with zero attached hydrogens (tertiary/aromatic N) is 1. The summed E-state index contributed by atoms with van der Waals surface area (Å²) in [7, 11) is -4.25. The molecule has 3 N–H and O–H groups in total. The lowest BCUT2D eigenvalue weighted by atomic mass is 9.94. The second-order valence-electron chi connectivity index (χ2n) is 7.36. The first-order chi connectivity index (χ1) is 13.9. The maximum absolute atomic E-state index is 12.0. The highest BCUT2D eigenvalue weighted by Gasteiger charge is 2.35. The summed E-state index contributed by atoms with van der Waals surface area (Å²) in [5.41, 5.74) is 14.1. The van der Waals surface area contributed by atoms with Gasteiger partial charge in [0, 0.05) is 17.7 Å². The highest BCUT2D eigenvalue weighted by molar-refractivity contribution is 7.86. The standard InChI is InChI=1S/C22H25N3O3S/c1-3-14-7-5-9-16-11-18-19(23-13-20(18)29(26,27)28)12-17-10-6-8-15(4-2)22(17)25-24-21(14)16/h5-11,20,24-25H,3-4,12-13H2,1-2H3,(H,26,27,28). The molecular weight excluding hydrogens is 386 g/mol. The predicted molar refractivity (Wildman–Crippen MR) is 118 cm³/mol. The molecule has 0 spiro atoms. The van der Waals surface area contributed by atoms with Gasteiger partial charge >= 0.3 is 0 Å². The van der Waals surface area contributed by atoms with Crippen molar-refractivity contribution < 1.29 is 13.0 Å². The molecule has 1 atom stereocenters. The fraction of sp³-hybridized carbons (Fsp3) is 0.318. The van der Waals surface area contributed by atoms with Crippen LogP contribution in [0.1, 0.15) is 36.1 Å². The van der Waals surface area contributed by atoms with Crippen LogP contribution in [0.2, 0.25) is 0 Å². The van der Waals surface area contributed by atoms with E-state index in [1.165, 1.54) is 5.56 Å². The van der Waals surface area contributed by atoms with E-state index in [2.05, 4.69) is 35.8 Å². The molecule has 2 heterocycles. The molecule has 0 saturated heterocycles. The SMILES string of the molecule is CCc1cccc2c1NNc1c(CC)cccc1CC1=NCC(S(=O)(=O)O)C1=C2. The second kappa shape index (κ2) is 7.65. The predicted octanol–water partition coefficient (Wildman–Crippen LogP) is 3.90. The molecule has 0 aromatic heterocycles. The molecule has 1 unspecified atom stereocenters. The van der Waals surface area contributed by atoms with E-state index in [9.17, 15) is 13.0 Å². The van der Waals surface area contributed by atoms with Crippen LogP contribution in [0.15, 0.2) is 47.0 Å². The van der Waals surface area contributed by atoms with E-state index in [1.807, 2.05) is 36.4 Å². The molecule has 6 nitrogen and oxygen atoms in total. The van der Waals surface area contributed by atoms with E-state index >= 15 is 0 Å². The van der Waals surface area contributed by atoms with E-state index in [4.69, 9.17) is 0 Å². The van der Waals surface area contributed by atoms with Gasteiger partial charge in [-0.15, -0.1) is 0 Å². The van der Waals surface area contributed by atoms with Crippen molar-refractivity contribution in [1.82, 2.24) is 0 Å². The number of hydrogen-bond acceptors (Lipinski definition) is 5. The summed E-state index contributed by atoms with van der Waals surface area (Å²) in [6, 6.07) is 12.1. The Hall–Kier alpha value is -2.64. The van der Waals surface area contributed by atoms with Gasteiger partial charge in [-0.3, -0.25) is 15.0 Å². The molecule has 2 aromatic carbocycles. The number of rotatable bonds is 3. The highest BCUT2D eigenvalue weighted by atomic mass is 32.2. The number of fused-ring (bicyclic) bond motifs is 3. The van der Waals surface area contributed by atoms with Gasteiger partial charge in [-0.25, -0.2) is 0 Å². The highest BCUT2D eigenvalue weighted by Crippen LogP contribution is 2.33. The summed E-state index contributed by atoms with van der Waals surface area (Å²) < 4.78 is 33.9. The molecule has 29 heavy (non-hydrogen) atoms. The molecule has 0 amide bonds.